The van der Waals surface area contributed by atoms with Crippen molar-refractivity contribution < 1.29 is 23.2 Å². The summed E-state index contributed by atoms with van der Waals surface area (Å²) in [7, 11) is 0. The zero-order chi connectivity index (χ0) is 21.7. The highest BCUT2D eigenvalue weighted by Gasteiger charge is 2.22. The molecule has 0 unspecified atom stereocenters. The van der Waals surface area contributed by atoms with Crippen molar-refractivity contribution in [1.82, 2.24) is 5.32 Å². The van der Waals surface area contributed by atoms with Gasteiger partial charge in [0.25, 0.3) is 5.91 Å². The molecule has 0 aliphatic rings. The number of carbonyl (C=O) groups is 3. The molecule has 0 aliphatic heterocycles. The van der Waals surface area contributed by atoms with E-state index in [2.05, 4.69) is 5.32 Å². The number of ketones is 1. The van der Waals surface area contributed by atoms with E-state index in [4.69, 9.17) is 5.73 Å². The van der Waals surface area contributed by atoms with Crippen molar-refractivity contribution in [2.75, 3.05) is 0 Å². The van der Waals surface area contributed by atoms with E-state index in [1.165, 1.54) is 6.07 Å². The lowest BCUT2D eigenvalue weighted by atomic mass is 9.99. The summed E-state index contributed by atoms with van der Waals surface area (Å²) < 4.78 is 27.1. The quantitative estimate of drug-likeness (QED) is 0.589. The Morgan fingerprint density at radius 3 is 2.10 bits per heavy atom. The summed E-state index contributed by atoms with van der Waals surface area (Å²) in [6.45, 7) is 0. The van der Waals surface area contributed by atoms with Gasteiger partial charge < -0.3 is 11.1 Å². The third-order valence-corrected chi connectivity index (χ3v) is 4.54. The monoisotopic (exact) mass is 408 g/mol. The Morgan fingerprint density at radius 1 is 0.833 bits per heavy atom. The number of nitrogens with one attached hydrogen (secondary N) is 1. The van der Waals surface area contributed by atoms with Crippen LogP contribution < -0.4 is 11.1 Å². The lowest BCUT2D eigenvalue weighted by Crippen LogP contribution is -2.46. The van der Waals surface area contributed by atoms with E-state index in [-0.39, 0.29) is 12.2 Å². The maximum absolute atomic E-state index is 13.8. The molecule has 3 N–H and O–H groups in total. The van der Waals surface area contributed by atoms with Gasteiger partial charge in [0.1, 0.15) is 6.04 Å². The number of amides is 2. The number of primary amides is 1. The first-order valence-corrected chi connectivity index (χ1v) is 9.09. The zero-order valence-electron chi connectivity index (χ0n) is 15.8. The fraction of sp³-hybridized carbons (Fsp3) is 0.0870. The lowest BCUT2D eigenvalue weighted by molar-refractivity contribution is -0.119. The Hall–Kier alpha value is -3.87. The molecule has 152 valence electrons. The minimum absolute atomic E-state index is 0.0256. The van der Waals surface area contributed by atoms with E-state index in [9.17, 15) is 23.2 Å². The number of halogens is 2. The van der Waals surface area contributed by atoms with E-state index in [1.807, 2.05) is 6.07 Å². The molecule has 0 aromatic heterocycles. The molecule has 0 bridgehead atoms. The highest BCUT2D eigenvalue weighted by atomic mass is 19.2. The SMILES string of the molecule is NC(=O)[C@@H](Cc1ccc(C(=O)c2ccccc2)cc1)NC(=O)c1cccc(F)c1F. The van der Waals surface area contributed by atoms with E-state index in [1.54, 1.807) is 48.5 Å². The number of carbonyl (C=O) groups excluding carboxylic acids is 3. The van der Waals surface area contributed by atoms with Crippen molar-refractivity contribution in [2.45, 2.75) is 12.5 Å². The second-order valence-corrected chi connectivity index (χ2v) is 6.63. The van der Waals surface area contributed by atoms with Crippen molar-refractivity contribution in [3.8, 4) is 0 Å². The minimum Gasteiger partial charge on any atom is -0.368 e. The summed E-state index contributed by atoms with van der Waals surface area (Å²) in [6, 6.07) is 17.3. The standard InChI is InChI=1S/C23H18F2N2O3/c24-18-8-4-7-17(20(18)25)23(30)27-19(22(26)29)13-14-9-11-16(12-10-14)21(28)15-5-2-1-3-6-15/h1-12,19H,13H2,(H2,26,29)(H,27,30)/t19-/m1/s1. The summed E-state index contributed by atoms with van der Waals surface area (Å²) in [6.07, 6.45) is 0.0256. The summed E-state index contributed by atoms with van der Waals surface area (Å²) in [5, 5.41) is 2.33. The highest BCUT2D eigenvalue weighted by Crippen LogP contribution is 2.14. The Kier molecular flexibility index (Phi) is 6.32. The van der Waals surface area contributed by atoms with Crippen molar-refractivity contribution in [3.05, 3.63) is 107 Å². The molecule has 2 amide bonds. The first-order chi connectivity index (χ1) is 14.4. The van der Waals surface area contributed by atoms with Crippen LogP contribution in [-0.2, 0) is 11.2 Å². The van der Waals surface area contributed by atoms with Gasteiger partial charge >= 0.3 is 0 Å². The third kappa shape index (κ3) is 4.75. The number of benzene rings is 3. The van der Waals surface area contributed by atoms with Crippen molar-refractivity contribution in [2.24, 2.45) is 5.73 Å². The van der Waals surface area contributed by atoms with E-state index in [0.29, 0.717) is 16.7 Å². The number of hydrogen-bond donors (Lipinski definition) is 2. The molecule has 0 fully saturated rings. The number of rotatable bonds is 7. The molecule has 3 aromatic rings. The maximum atomic E-state index is 13.8. The predicted octanol–water partition coefficient (Wildman–Crippen LogP) is 3.02. The fourth-order valence-corrected chi connectivity index (χ4v) is 2.92. The van der Waals surface area contributed by atoms with Gasteiger partial charge in [0.15, 0.2) is 17.4 Å². The second kappa shape index (κ2) is 9.09. The van der Waals surface area contributed by atoms with Gasteiger partial charge in [-0.05, 0) is 17.7 Å². The van der Waals surface area contributed by atoms with Crippen LogP contribution in [-0.4, -0.2) is 23.6 Å². The van der Waals surface area contributed by atoms with Gasteiger partial charge in [-0.3, -0.25) is 14.4 Å². The van der Waals surface area contributed by atoms with Crippen LogP contribution in [0.15, 0.2) is 72.8 Å². The molecule has 0 heterocycles. The summed E-state index contributed by atoms with van der Waals surface area (Å²) in [4.78, 5) is 36.5. The average Bonchev–Trinajstić information content (AvgIpc) is 2.75. The van der Waals surface area contributed by atoms with Crippen LogP contribution in [0.3, 0.4) is 0 Å². The molecule has 3 rings (SSSR count). The third-order valence-electron chi connectivity index (χ3n) is 4.54. The van der Waals surface area contributed by atoms with Gasteiger partial charge in [-0.25, -0.2) is 8.78 Å². The Morgan fingerprint density at radius 2 is 1.47 bits per heavy atom. The zero-order valence-corrected chi connectivity index (χ0v) is 15.8. The molecule has 0 saturated heterocycles. The Balaban J connectivity index is 1.72. The normalized spacial score (nSPS) is 11.5. The molecule has 3 aromatic carbocycles. The fourth-order valence-electron chi connectivity index (χ4n) is 2.92. The van der Waals surface area contributed by atoms with Crippen LogP contribution in [0.25, 0.3) is 0 Å². The van der Waals surface area contributed by atoms with Crippen LogP contribution in [0.1, 0.15) is 31.8 Å². The van der Waals surface area contributed by atoms with Crippen molar-refractivity contribution in [3.63, 3.8) is 0 Å². The van der Waals surface area contributed by atoms with Gasteiger partial charge in [0.05, 0.1) is 5.56 Å². The molecule has 30 heavy (non-hydrogen) atoms. The van der Waals surface area contributed by atoms with Gasteiger partial charge in [-0.2, -0.15) is 0 Å². The Labute approximate surface area is 171 Å². The summed E-state index contributed by atoms with van der Waals surface area (Å²) >= 11 is 0. The van der Waals surface area contributed by atoms with E-state index in [0.717, 1.165) is 12.1 Å². The lowest BCUT2D eigenvalue weighted by Gasteiger charge is -2.16. The van der Waals surface area contributed by atoms with Gasteiger partial charge in [0.2, 0.25) is 5.91 Å². The van der Waals surface area contributed by atoms with Crippen LogP contribution >= 0.6 is 0 Å². The highest BCUT2D eigenvalue weighted by molar-refractivity contribution is 6.09. The molecular weight excluding hydrogens is 390 g/mol. The smallest absolute Gasteiger partial charge is 0.255 e. The van der Waals surface area contributed by atoms with Gasteiger partial charge in [-0.1, -0.05) is 60.7 Å². The topological polar surface area (TPSA) is 89.3 Å². The molecule has 0 saturated carbocycles. The average molecular weight is 408 g/mol. The minimum atomic E-state index is -1.30. The summed E-state index contributed by atoms with van der Waals surface area (Å²) in [5.74, 6) is -4.40. The largest absolute Gasteiger partial charge is 0.368 e. The van der Waals surface area contributed by atoms with Crippen molar-refractivity contribution in [1.29, 1.82) is 0 Å². The molecule has 7 heteroatoms. The summed E-state index contributed by atoms with van der Waals surface area (Å²) in [5.41, 5.74) is 6.47. The first kappa shape index (κ1) is 20.9. The Bertz CT molecular complexity index is 1080. The van der Waals surface area contributed by atoms with Crippen LogP contribution in [0.2, 0.25) is 0 Å². The van der Waals surface area contributed by atoms with Gasteiger partial charge in [-0.15, -0.1) is 0 Å². The molecule has 0 radical (unpaired) electrons. The van der Waals surface area contributed by atoms with E-state index < -0.39 is 35.1 Å². The molecule has 5 nitrogen and oxygen atoms in total. The molecule has 1 atom stereocenters. The molecule has 0 aliphatic carbocycles. The predicted molar refractivity (Wildman–Crippen MR) is 107 cm³/mol. The van der Waals surface area contributed by atoms with Crippen LogP contribution in [0.5, 0.6) is 0 Å². The maximum Gasteiger partial charge on any atom is 0.255 e. The molecule has 0 spiro atoms. The van der Waals surface area contributed by atoms with E-state index >= 15 is 0 Å². The first-order valence-electron chi connectivity index (χ1n) is 9.09. The number of nitrogens with two attached hydrogens (primary N) is 1. The van der Waals surface area contributed by atoms with Gasteiger partial charge in [0, 0.05) is 17.5 Å². The van der Waals surface area contributed by atoms with Crippen molar-refractivity contribution >= 4 is 17.6 Å². The van der Waals surface area contributed by atoms with Crippen LogP contribution in [0.4, 0.5) is 8.78 Å². The van der Waals surface area contributed by atoms with Crippen LogP contribution in [0, 0.1) is 11.6 Å². The second-order valence-electron chi connectivity index (χ2n) is 6.63. The number of hydrogen-bond acceptors (Lipinski definition) is 3. The molecular formula is C23H18F2N2O3.